The van der Waals surface area contributed by atoms with E-state index in [1.54, 1.807) is 6.20 Å². The second-order valence-corrected chi connectivity index (χ2v) is 4.28. The fourth-order valence-electron chi connectivity index (χ4n) is 1.79. The molecule has 4 N–H and O–H groups in total. The van der Waals surface area contributed by atoms with E-state index in [-0.39, 0.29) is 6.04 Å². The van der Waals surface area contributed by atoms with Crippen LogP contribution in [0.1, 0.15) is 30.9 Å². The maximum absolute atomic E-state index is 6.09. The predicted octanol–water partition coefficient (Wildman–Crippen LogP) is 2.12. The Hall–Kier alpha value is -0.800. The highest BCUT2D eigenvalue weighted by molar-refractivity contribution is 6.30. The van der Waals surface area contributed by atoms with Crippen LogP contribution in [0.3, 0.4) is 0 Å². The number of nitrogens with zero attached hydrogens (tertiary/aromatic N) is 1. The van der Waals surface area contributed by atoms with E-state index in [4.69, 9.17) is 23.1 Å². The van der Waals surface area contributed by atoms with E-state index in [1.165, 1.54) is 19.3 Å². The number of hydrogen-bond acceptors (Lipinski definition) is 3. The molecular formula is C10H14ClN3. The summed E-state index contributed by atoms with van der Waals surface area (Å²) in [5.41, 5.74) is 12.7. The summed E-state index contributed by atoms with van der Waals surface area (Å²) in [5.74, 6) is 1.06. The van der Waals surface area contributed by atoms with E-state index in [0.29, 0.717) is 16.8 Å². The molecule has 14 heavy (non-hydrogen) atoms. The Bertz CT molecular complexity index is 336. The minimum Gasteiger partial charge on any atom is -0.383 e. The number of pyridine rings is 1. The average Bonchev–Trinajstić information content (AvgIpc) is 2.06. The van der Waals surface area contributed by atoms with E-state index in [0.717, 1.165) is 5.56 Å². The zero-order chi connectivity index (χ0) is 10.1. The van der Waals surface area contributed by atoms with Crippen LogP contribution in [-0.4, -0.2) is 4.98 Å². The highest BCUT2D eigenvalue weighted by atomic mass is 35.5. The molecule has 1 atom stereocenters. The first-order valence-electron chi connectivity index (χ1n) is 4.85. The summed E-state index contributed by atoms with van der Waals surface area (Å²) in [7, 11) is 0. The lowest BCUT2D eigenvalue weighted by molar-refractivity contribution is 0.264. The number of halogens is 1. The highest BCUT2D eigenvalue weighted by Gasteiger charge is 2.27. The maximum atomic E-state index is 6.09. The van der Waals surface area contributed by atoms with Crippen molar-refractivity contribution < 1.29 is 0 Å². The predicted molar refractivity (Wildman–Crippen MR) is 57.9 cm³/mol. The van der Waals surface area contributed by atoms with Crippen LogP contribution in [0.25, 0.3) is 0 Å². The van der Waals surface area contributed by atoms with Gasteiger partial charge in [-0.1, -0.05) is 18.0 Å². The first-order chi connectivity index (χ1) is 6.68. The lowest BCUT2D eigenvalue weighted by atomic mass is 9.78. The second-order valence-electron chi connectivity index (χ2n) is 3.84. The van der Waals surface area contributed by atoms with Crippen molar-refractivity contribution in [2.45, 2.75) is 25.3 Å². The van der Waals surface area contributed by atoms with Crippen molar-refractivity contribution in [3.05, 3.63) is 22.8 Å². The van der Waals surface area contributed by atoms with Gasteiger partial charge in [-0.05, 0) is 24.8 Å². The summed E-state index contributed by atoms with van der Waals surface area (Å²) < 4.78 is 0. The van der Waals surface area contributed by atoms with Gasteiger partial charge in [0.15, 0.2) is 0 Å². The van der Waals surface area contributed by atoms with Gasteiger partial charge >= 0.3 is 0 Å². The van der Waals surface area contributed by atoms with Crippen molar-refractivity contribution >= 4 is 17.4 Å². The van der Waals surface area contributed by atoms with Gasteiger partial charge in [0, 0.05) is 17.8 Å². The molecule has 3 nitrogen and oxygen atoms in total. The fraction of sp³-hybridized carbons (Fsp3) is 0.500. The zero-order valence-corrected chi connectivity index (χ0v) is 8.67. The number of hydrogen-bond donors (Lipinski definition) is 2. The largest absolute Gasteiger partial charge is 0.383 e. The van der Waals surface area contributed by atoms with Crippen molar-refractivity contribution in [1.82, 2.24) is 4.98 Å². The van der Waals surface area contributed by atoms with E-state index < -0.39 is 0 Å². The number of rotatable bonds is 2. The Morgan fingerprint density at radius 3 is 2.79 bits per heavy atom. The Labute approximate surface area is 88.5 Å². The summed E-state index contributed by atoms with van der Waals surface area (Å²) in [5, 5.41) is 0.601. The Morgan fingerprint density at radius 1 is 1.50 bits per heavy atom. The average molecular weight is 212 g/mol. The SMILES string of the molecule is Nc1ncc(Cl)cc1C(N)C1CCC1. The minimum absolute atomic E-state index is 0.00468. The van der Waals surface area contributed by atoms with Crippen molar-refractivity contribution in [1.29, 1.82) is 0 Å². The van der Waals surface area contributed by atoms with Crippen molar-refractivity contribution in [2.24, 2.45) is 11.7 Å². The number of nitrogen functional groups attached to an aromatic ring is 1. The van der Waals surface area contributed by atoms with E-state index in [2.05, 4.69) is 4.98 Å². The van der Waals surface area contributed by atoms with Crippen molar-refractivity contribution in [2.75, 3.05) is 5.73 Å². The highest BCUT2D eigenvalue weighted by Crippen LogP contribution is 2.37. The Morgan fingerprint density at radius 2 is 2.21 bits per heavy atom. The van der Waals surface area contributed by atoms with Gasteiger partial charge in [0.25, 0.3) is 0 Å². The lowest BCUT2D eigenvalue weighted by Crippen LogP contribution is -2.27. The van der Waals surface area contributed by atoms with Crippen LogP contribution < -0.4 is 11.5 Å². The normalized spacial score (nSPS) is 19.0. The number of aromatic nitrogens is 1. The van der Waals surface area contributed by atoms with Crippen LogP contribution in [0.5, 0.6) is 0 Å². The van der Waals surface area contributed by atoms with Crippen LogP contribution in [0.15, 0.2) is 12.3 Å². The minimum atomic E-state index is -0.00468. The molecule has 0 radical (unpaired) electrons. The van der Waals surface area contributed by atoms with Gasteiger partial charge in [-0.2, -0.15) is 0 Å². The molecule has 0 spiro atoms. The first-order valence-corrected chi connectivity index (χ1v) is 5.23. The van der Waals surface area contributed by atoms with Gasteiger partial charge in [-0.25, -0.2) is 4.98 Å². The van der Waals surface area contributed by atoms with E-state index in [9.17, 15) is 0 Å². The van der Waals surface area contributed by atoms with Crippen LogP contribution in [0.4, 0.5) is 5.82 Å². The standard InChI is InChI=1S/C10H14ClN3/c11-7-4-8(10(13)14-5-7)9(12)6-2-1-3-6/h4-6,9H,1-3,12H2,(H2,13,14). The third-order valence-electron chi connectivity index (χ3n) is 2.93. The Balaban J connectivity index is 2.24. The molecule has 1 heterocycles. The summed E-state index contributed by atoms with van der Waals surface area (Å²) in [6.45, 7) is 0. The van der Waals surface area contributed by atoms with Gasteiger partial charge in [0.2, 0.25) is 0 Å². The third kappa shape index (κ3) is 1.70. The monoisotopic (exact) mass is 211 g/mol. The van der Waals surface area contributed by atoms with Crippen molar-refractivity contribution in [3.8, 4) is 0 Å². The van der Waals surface area contributed by atoms with Gasteiger partial charge in [-0.3, -0.25) is 0 Å². The number of anilines is 1. The van der Waals surface area contributed by atoms with Gasteiger partial charge in [0.05, 0.1) is 5.02 Å². The summed E-state index contributed by atoms with van der Waals surface area (Å²) in [6.07, 6.45) is 5.19. The molecule has 1 aliphatic carbocycles. The number of nitrogens with two attached hydrogens (primary N) is 2. The maximum Gasteiger partial charge on any atom is 0.128 e. The molecule has 76 valence electrons. The quantitative estimate of drug-likeness (QED) is 0.788. The molecule has 1 aromatic rings. The smallest absolute Gasteiger partial charge is 0.128 e. The fourth-order valence-corrected chi connectivity index (χ4v) is 1.95. The van der Waals surface area contributed by atoms with E-state index >= 15 is 0 Å². The van der Waals surface area contributed by atoms with Gasteiger partial charge < -0.3 is 11.5 Å². The molecule has 2 rings (SSSR count). The molecular weight excluding hydrogens is 198 g/mol. The van der Waals surface area contributed by atoms with Crippen LogP contribution in [0, 0.1) is 5.92 Å². The second kappa shape index (κ2) is 3.75. The molecule has 1 aromatic heterocycles. The van der Waals surface area contributed by atoms with Crippen LogP contribution in [-0.2, 0) is 0 Å². The molecule has 0 bridgehead atoms. The Kier molecular flexibility index (Phi) is 2.61. The molecule has 0 amide bonds. The van der Waals surface area contributed by atoms with Crippen LogP contribution in [0.2, 0.25) is 5.02 Å². The molecule has 0 aromatic carbocycles. The van der Waals surface area contributed by atoms with Gasteiger partial charge in [-0.15, -0.1) is 0 Å². The first kappa shape index (κ1) is 9.74. The molecule has 0 saturated heterocycles. The molecule has 1 fully saturated rings. The molecule has 1 saturated carbocycles. The van der Waals surface area contributed by atoms with Crippen molar-refractivity contribution in [3.63, 3.8) is 0 Å². The summed E-state index contributed by atoms with van der Waals surface area (Å²) in [6, 6.07) is 1.82. The van der Waals surface area contributed by atoms with E-state index in [1.807, 2.05) is 6.07 Å². The lowest BCUT2D eigenvalue weighted by Gasteiger charge is -2.31. The summed E-state index contributed by atoms with van der Waals surface area (Å²) >= 11 is 5.85. The third-order valence-corrected chi connectivity index (χ3v) is 3.14. The molecule has 1 aliphatic rings. The zero-order valence-electron chi connectivity index (χ0n) is 7.91. The molecule has 4 heteroatoms. The molecule has 1 unspecified atom stereocenters. The van der Waals surface area contributed by atoms with Crippen LogP contribution >= 0.6 is 11.6 Å². The topological polar surface area (TPSA) is 64.9 Å². The van der Waals surface area contributed by atoms with Gasteiger partial charge in [0.1, 0.15) is 5.82 Å². The molecule has 0 aliphatic heterocycles. The summed E-state index contributed by atoms with van der Waals surface area (Å²) in [4.78, 5) is 4.01.